The van der Waals surface area contributed by atoms with Crippen molar-refractivity contribution in [2.45, 2.75) is 20.3 Å². The Balaban J connectivity index is 2.28. The number of hydrogen-bond acceptors (Lipinski definition) is 6. The average molecular weight is 279 g/mol. The predicted molar refractivity (Wildman–Crippen MR) is 76.7 cm³/mol. The molecule has 0 aliphatic carbocycles. The predicted octanol–water partition coefficient (Wildman–Crippen LogP) is 2.25. The third-order valence-corrected chi connectivity index (χ3v) is 3.93. The van der Waals surface area contributed by atoms with Crippen molar-refractivity contribution in [1.29, 1.82) is 0 Å². The molecule has 0 aliphatic rings. The second kappa shape index (κ2) is 5.97. The van der Waals surface area contributed by atoms with E-state index in [1.165, 1.54) is 11.2 Å². The second-order valence-electron chi connectivity index (χ2n) is 4.14. The molecule has 0 amide bonds. The Morgan fingerprint density at radius 1 is 1.42 bits per heavy atom. The number of likely N-dealkylation sites (N-methyl/N-ethyl adjacent to an activating group) is 1. The molecule has 19 heavy (non-hydrogen) atoms. The molecule has 0 aromatic carbocycles. The molecule has 0 aliphatic heterocycles. The Labute approximate surface area is 116 Å². The molecule has 5 nitrogen and oxygen atoms in total. The van der Waals surface area contributed by atoms with Crippen molar-refractivity contribution in [3.8, 4) is 0 Å². The highest BCUT2D eigenvalue weighted by Crippen LogP contribution is 2.29. The number of carbonyl (C=O) groups is 1. The van der Waals surface area contributed by atoms with Crippen LogP contribution in [0.5, 0.6) is 0 Å². The summed E-state index contributed by atoms with van der Waals surface area (Å²) in [5.74, 6) is 0.525. The fourth-order valence-corrected chi connectivity index (χ4v) is 2.78. The molecule has 2 aromatic rings. The lowest BCUT2D eigenvalue weighted by Gasteiger charge is -2.17. The van der Waals surface area contributed by atoms with Crippen LogP contribution in [-0.2, 0) is 16.0 Å². The number of fused-ring (bicyclic) bond motifs is 1. The fraction of sp³-hybridized carbons (Fsp3) is 0.462. The normalized spacial score (nSPS) is 10.7. The highest BCUT2D eigenvalue weighted by molar-refractivity contribution is 7.18. The molecule has 0 atom stereocenters. The first-order valence-electron chi connectivity index (χ1n) is 6.25. The zero-order valence-electron chi connectivity index (χ0n) is 11.3. The number of hydrogen-bond donors (Lipinski definition) is 0. The Hall–Kier alpha value is -1.69. The van der Waals surface area contributed by atoms with Crippen LogP contribution in [0.1, 0.15) is 18.7 Å². The van der Waals surface area contributed by atoms with Gasteiger partial charge in [-0.25, -0.2) is 9.97 Å². The van der Waals surface area contributed by atoms with Crippen molar-refractivity contribution >= 4 is 33.3 Å². The Kier molecular flexibility index (Phi) is 4.31. The van der Waals surface area contributed by atoms with Crippen molar-refractivity contribution in [2.75, 3.05) is 25.1 Å². The van der Waals surface area contributed by atoms with E-state index in [0.29, 0.717) is 6.61 Å². The molecular weight excluding hydrogens is 262 g/mol. The SMILES string of the molecule is CCOC(=O)CN(C)c1ncnc2sc(CC)cc12. The lowest BCUT2D eigenvalue weighted by Crippen LogP contribution is -2.27. The van der Waals surface area contributed by atoms with Crippen LogP contribution in [0.3, 0.4) is 0 Å². The maximum atomic E-state index is 11.5. The number of ether oxygens (including phenoxy) is 1. The van der Waals surface area contributed by atoms with E-state index in [-0.39, 0.29) is 12.5 Å². The van der Waals surface area contributed by atoms with Crippen LogP contribution in [0.4, 0.5) is 5.82 Å². The fourth-order valence-electron chi connectivity index (χ4n) is 1.85. The summed E-state index contributed by atoms with van der Waals surface area (Å²) >= 11 is 1.66. The molecule has 0 N–H and O–H groups in total. The summed E-state index contributed by atoms with van der Waals surface area (Å²) in [5.41, 5.74) is 0. The summed E-state index contributed by atoms with van der Waals surface area (Å²) in [6.07, 6.45) is 2.51. The minimum Gasteiger partial charge on any atom is -0.465 e. The molecule has 0 saturated carbocycles. The Bertz CT molecular complexity index is 582. The molecule has 2 heterocycles. The molecule has 2 rings (SSSR count). The highest BCUT2D eigenvalue weighted by atomic mass is 32.1. The van der Waals surface area contributed by atoms with Gasteiger partial charge in [0.1, 0.15) is 23.5 Å². The molecule has 0 fully saturated rings. The maximum absolute atomic E-state index is 11.5. The highest BCUT2D eigenvalue weighted by Gasteiger charge is 2.14. The first-order valence-corrected chi connectivity index (χ1v) is 7.07. The molecule has 0 unspecified atom stereocenters. The lowest BCUT2D eigenvalue weighted by molar-refractivity contribution is -0.141. The van der Waals surface area contributed by atoms with Gasteiger partial charge in [-0.1, -0.05) is 6.92 Å². The summed E-state index contributed by atoms with van der Waals surface area (Å²) in [6, 6.07) is 2.09. The molecule has 6 heteroatoms. The molecule has 0 bridgehead atoms. The number of aromatic nitrogens is 2. The molecular formula is C13H17N3O2S. The lowest BCUT2D eigenvalue weighted by atomic mass is 10.3. The van der Waals surface area contributed by atoms with Crippen molar-refractivity contribution in [3.05, 3.63) is 17.3 Å². The van der Waals surface area contributed by atoms with Crippen LogP contribution in [0.25, 0.3) is 10.2 Å². The first kappa shape index (κ1) is 13.7. The van der Waals surface area contributed by atoms with Gasteiger partial charge in [-0.3, -0.25) is 4.79 Å². The van der Waals surface area contributed by atoms with E-state index in [0.717, 1.165) is 22.5 Å². The Morgan fingerprint density at radius 2 is 2.21 bits per heavy atom. The number of aryl methyl sites for hydroxylation is 1. The monoisotopic (exact) mass is 279 g/mol. The van der Waals surface area contributed by atoms with Gasteiger partial charge in [0.05, 0.1) is 12.0 Å². The summed E-state index contributed by atoms with van der Waals surface area (Å²) < 4.78 is 4.95. The summed E-state index contributed by atoms with van der Waals surface area (Å²) in [7, 11) is 1.84. The van der Waals surface area contributed by atoms with Gasteiger partial charge in [-0.15, -0.1) is 11.3 Å². The van der Waals surface area contributed by atoms with Gasteiger partial charge < -0.3 is 9.64 Å². The first-order chi connectivity index (χ1) is 9.15. The van der Waals surface area contributed by atoms with Gasteiger partial charge in [0, 0.05) is 11.9 Å². The van der Waals surface area contributed by atoms with Crippen LogP contribution in [0.2, 0.25) is 0 Å². The quantitative estimate of drug-likeness (QED) is 0.786. The van der Waals surface area contributed by atoms with Gasteiger partial charge in [0.25, 0.3) is 0 Å². The molecule has 0 spiro atoms. The number of carbonyl (C=O) groups excluding carboxylic acids is 1. The average Bonchev–Trinajstić information content (AvgIpc) is 2.81. The number of rotatable bonds is 5. The standard InChI is InChI=1S/C13H17N3O2S/c1-4-9-6-10-12(14-8-15-13(10)19-9)16(3)7-11(17)18-5-2/h6,8H,4-5,7H2,1-3H3. The van der Waals surface area contributed by atoms with Gasteiger partial charge in [0.15, 0.2) is 0 Å². The molecule has 0 radical (unpaired) electrons. The van der Waals surface area contributed by atoms with Crippen LogP contribution >= 0.6 is 11.3 Å². The van der Waals surface area contributed by atoms with Gasteiger partial charge in [0.2, 0.25) is 0 Å². The van der Waals surface area contributed by atoms with Crippen molar-refractivity contribution < 1.29 is 9.53 Å². The summed E-state index contributed by atoms with van der Waals surface area (Å²) in [6.45, 7) is 4.49. The third-order valence-electron chi connectivity index (χ3n) is 2.74. The Morgan fingerprint density at radius 3 is 2.89 bits per heavy atom. The van der Waals surface area contributed by atoms with E-state index < -0.39 is 0 Å². The zero-order chi connectivity index (χ0) is 13.8. The molecule has 102 valence electrons. The largest absolute Gasteiger partial charge is 0.465 e. The van der Waals surface area contributed by atoms with E-state index in [1.807, 2.05) is 7.05 Å². The van der Waals surface area contributed by atoms with Crippen LogP contribution in [0, 0.1) is 0 Å². The van der Waals surface area contributed by atoms with E-state index in [4.69, 9.17) is 4.74 Å². The van der Waals surface area contributed by atoms with Crippen LogP contribution in [-0.4, -0.2) is 36.1 Å². The topological polar surface area (TPSA) is 55.3 Å². The van der Waals surface area contributed by atoms with E-state index in [1.54, 1.807) is 23.2 Å². The van der Waals surface area contributed by atoms with Crippen molar-refractivity contribution in [3.63, 3.8) is 0 Å². The minimum atomic E-state index is -0.247. The molecule has 0 saturated heterocycles. The summed E-state index contributed by atoms with van der Waals surface area (Å²) in [4.78, 5) is 24.1. The van der Waals surface area contributed by atoms with Crippen molar-refractivity contribution in [2.24, 2.45) is 0 Å². The van der Waals surface area contributed by atoms with Crippen LogP contribution in [0.15, 0.2) is 12.4 Å². The number of nitrogens with zero attached hydrogens (tertiary/aromatic N) is 3. The van der Waals surface area contributed by atoms with E-state index >= 15 is 0 Å². The molecule has 2 aromatic heterocycles. The third kappa shape index (κ3) is 3.01. The maximum Gasteiger partial charge on any atom is 0.325 e. The zero-order valence-corrected chi connectivity index (χ0v) is 12.2. The number of thiophene rings is 1. The van der Waals surface area contributed by atoms with E-state index in [9.17, 15) is 4.79 Å². The van der Waals surface area contributed by atoms with Gasteiger partial charge in [-0.05, 0) is 19.4 Å². The van der Waals surface area contributed by atoms with Gasteiger partial charge >= 0.3 is 5.97 Å². The second-order valence-corrected chi connectivity index (χ2v) is 5.26. The smallest absolute Gasteiger partial charge is 0.325 e. The number of anilines is 1. The van der Waals surface area contributed by atoms with E-state index in [2.05, 4.69) is 23.0 Å². The summed E-state index contributed by atoms with van der Waals surface area (Å²) in [5, 5.41) is 0.996. The number of esters is 1. The van der Waals surface area contributed by atoms with Crippen molar-refractivity contribution in [1.82, 2.24) is 9.97 Å². The van der Waals surface area contributed by atoms with Crippen LogP contribution < -0.4 is 4.90 Å². The minimum absolute atomic E-state index is 0.192. The van der Waals surface area contributed by atoms with Gasteiger partial charge in [-0.2, -0.15) is 0 Å².